The molecule has 1 atom stereocenters. The molecule has 0 spiro atoms. The molecule has 1 rings (SSSR count). The van der Waals surface area contributed by atoms with Crippen molar-refractivity contribution in [3.8, 4) is 0 Å². The number of aryl methyl sites for hydroxylation is 1. The van der Waals surface area contributed by atoms with Crippen LogP contribution in [0.5, 0.6) is 0 Å². The van der Waals surface area contributed by atoms with E-state index in [0.29, 0.717) is 0 Å². The number of carboxylic acids is 1. The standard InChI is InChI=1S/C13H19NO4S/c1-10-5-7-12(8-6-10)11(2)14-19(17,18)9-3-4-13(15)16/h5-8,11,14H,3-4,9H2,1-2H3,(H,15,16)/t11-/m0/s1. The van der Waals surface area contributed by atoms with E-state index in [0.717, 1.165) is 11.1 Å². The van der Waals surface area contributed by atoms with E-state index >= 15 is 0 Å². The zero-order valence-electron chi connectivity index (χ0n) is 11.1. The van der Waals surface area contributed by atoms with Crippen molar-refractivity contribution in [3.63, 3.8) is 0 Å². The van der Waals surface area contributed by atoms with Crippen LogP contribution in [-0.4, -0.2) is 25.2 Å². The maximum atomic E-state index is 11.8. The van der Waals surface area contributed by atoms with Crippen LogP contribution >= 0.6 is 0 Å². The first-order valence-electron chi connectivity index (χ1n) is 6.08. The predicted molar refractivity (Wildman–Crippen MR) is 73.4 cm³/mol. The summed E-state index contributed by atoms with van der Waals surface area (Å²) >= 11 is 0. The monoisotopic (exact) mass is 285 g/mol. The Hall–Kier alpha value is -1.40. The second kappa shape index (κ2) is 6.68. The summed E-state index contributed by atoms with van der Waals surface area (Å²) in [6, 6.07) is 7.27. The summed E-state index contributed by atoms with van der Waals surface area (Å²) in [7, 11) is -3.45. The number of hydrogen-bond acceptors (Lipinski definition) is 3. The van der Waals surface area contributed by atoms with E-state index in [9.17, 15) is 13.2 Å². The maximum absolute atomic E-state index is 11.8. The van der Waals surface area contributed by atoms with Gasteiger partial charge in [0, 0.05) is 12.5 Å². The Morgan fingerprint density at radius 3 is 2.42 bits per heavy atom. The molecule has 0 aliphatic rings. The zero-order valence-corrected chi connectivity index (χ0v) is 11.9. The van der Waals surface area contributed by atoms with Gasteiger partial charge in [0.2, 0.25) is 10.0 Å². The number of carbonyl (C=O) groups is 1. The summed E-state index contributed by atoms with van der Waals surface area (Å²) in [5, 5.41) is 8.48. The van der Waals surface area contributed by atoms with Gasteiger partial charge in [-0.1, -0.05) is 29.8 Å². The maximum Gasteiger partial charge on any atom is 0.303 e. The highest BCUT2D eigenvalue weighted by atomic mass is 32.2. The molecular formula is C13H19NO4S. The van der Waals surface area contributed by atoms with E-state index < -0.39 is 16.0 Å². The highest BCUT2D eigenvalue weighted by Gasteiger charge is 2.16. The lowest BCUT2D eigenvalue weighted by molar-refractivity contribution is -0.137. The van der Waals surface area contributed by atoms with Crippen molar-refractivity contribution in [2.45, 2.75) is 32.7 Å². The first-order valence-corrected chi connectivity index (χ1v) is 7.74. The Balaban J connectivity index is 2.57. The fourth-order valence-corrected chi connectivity index (χ4v) is 2.98. The minimum absolute atomic E-state index is 0.116. The third-order valence-corrected chi connectivity index (χ3v) is 4.28. The SMILES string of the molecule is Cc1ccc([C@H](C)NS(=O)(=O)CCCC(=O)O)cc1. The molecule has 0 unspecified atom stereocenters. The largest absolute Gasteiger partial charge is 0.481 e. The molecule has 106 valence electrons. The van der Waals surface area contributed by atoms with Crippen molar-refractivity contribution < 1.29 is 18.3 Å². The first-order chi connectivity index (χ1) is 8.80. The van der Waals surface area contributed by atoms with Crippen LogP contribution in [0.25, 0.3) is 0 Å². The molecule has 1 aromatic carbocycles. The lowest BCUT2D eigenvalue weighted by Crippen LogP contribution is -2.29. The molecule has 0 aliphatic carbocycles. The van der Waals surface area contributed by atoms with Crippen LogP contribution in [0.1, 0.15) is 36.9 Å². The summed E-state index contributed by atoms with van der Waals surface area (Å²) in [4.78, 5) is 10.3. The number of nitrogens with one attached hydrogen (secondary N) is 1. The average Bonchev–Trinajstić information content (AvgIpc) is 2.28. The summed E-state index contributed by atoms with van der Waals surface area (Å²) in [6.07, 6.45) is -0.0227. The van der Waals surface area contributed by atoms with Crippen molar-refractivity contribution in [2.24, 2.45) is 0 Å². The van der Waals surface area contributed by atoms with E-state index in [1.165, 1.54) is 0 Å². The van der Waals surface area contributed by atoms with Gasteiger partial charge in [-0.2, -0.15) is 0 Å². The van der Waals surface area contributed by atoms with Gasteiger partial charge in [-0.15, -0.1) is 0 Å². The van der Waals surface area contributed by atoms with E-state index in [1.807, 2.05) is 31.2 Å². The van der Waals surface area contributed by atoms with Crippen molar-refractivity contribution >= 4 is 16.0 Å². The molecule has 0 saturated carbocycles. The van der Waals surface area contributed by atoms with Crippen LogP contribution in [0.4, 0.5) is 0 Å². The van der Waals surface area contributed by atoms with Gasteiger partial charge in [0.05, 0.1) is 5.75 Å². The van der Waals surface area contributed by atoms with Gasteiger partial charge in [-0.25, -0.2) is 13.1 Å². The molecule has 2 N–H and O–H groups in total. The van der Waals surface area contributed by atoms with E-state index in [4.69, 9.17) is 5.11 Å². The smallest absolute Gasteiger partial charge is 0.303 e. The molecule has 5 nitrogen and oxygen atoms in total. The Kier molecular flexibility index (Phi) is 5.50. The van der Waals surface area contributed by atoms with Gasteiger partial charge in [-0.05, 0) is 25.8 Å². The molecule has 0 aliphatic heterocycles. The van der Waals surface area contributed by atoms with Crippen molar-refractivity contribution in [3.05, 3.63) is 35.4 Å². The molecule has 1 aromatic rings. The minimum Gasteiger partial charge on any atom is -0.481 e. The lowest BCUT2D eigenvalue weighted by atomic mass is 10.1. The molecule has 19 heavy (non-hydrogen) atoms. The first kappa shape index (κ1) is 15.7. The fraction of sp³-hybridized carbons (Fsp3) is 0.462. The lowest BCUT2D eigenvalue weighted by Gasteiger charge is -2.14. The van der Waals surface area contributed by atoms with E-state index in [2.05, 4.69) is 4.72 Å². The second-order valence-corrected chi connectivity index (χ2v) is 6.44. The third-order valence-electron chi connectivity index (χ3n) is 2.74. The molecule has 0 saturated heterocycles. The molecule has 0 bridgehead atoms. The zero-order chi connectivity index (χ0) is 14.5. The Morgan fingerprint density at radius 2 is 1.89 bits per heavy atom. The third kappa shape index (κ3) is 5.85. The minimum atomic E-state index is -3.45. The van der Waals surface area contributed by atoms with Gasteiger partial charge >= 0.3 is 5.97 Å². The van der Waals surface area contributed by atoms with Gasteiger partial charge in [-0.3, -0.25) is 4.79 Å². The second-order valence-electron chi connectivity index (χ2n) is 4.57. The van der Waals surface area contributed by atoms with Crippen molar-refractivity contribution in [2.75, 3.05) is 5.75 Å². The highest BCUT2D eigenvalue weighted by molar-refractivity contribution is 7.89. The Morgan fingerprint density at radius 1 is 1.32 bits per heavy atom. The van der Waals surface area contributed by atoms with Crippen LogP contribution in [0.15, 0.2) is 24.3 Å². The van der Waals surface area contributed by atoms with Crippen LogP contribution in [-0.2, 0) is 14.8 Å². The number of aliphatic carboxylic acids is 1. The summed E-state index contributed by atoms with van der Waals surface area (Å²) in [6.45, 7) is 3.73. The molecule has 0 aromatic heterocycles. The number of carboxylic acid groups (broad SMARTS) is 1. The van der Waals surface area contributed by atoms with Gasteiger partial charge in [0.25, 0.3) is 0 Å². The van der Waals surface area contributed by atoms with Crippen molar-refractivity contribution in [1.29, 1.82) is 0 Å². The summed E-state index contributed by atoms with van der Waals surface area (Å²) < 4.78 is 26.1. The van der Waals surface area contributed by atoms with Gasteiger partial charge in [0.15, 0.2) is 0 Å². The van der Waals surface area contributed by atoms with Crippen LogP contribution in [0, 0.1) is 6.92 Å². The van der Waals surface area contributed by atoms with Crippen molar-refractivity contribution in [1.82, 2.24) is 4.72 Å². The van der Waals surface area contributed by atoms with Crippen LogP contribution < -0.4 is 4.72 Å². The Labute approximate surface area is 113 Å². The molecule has 0 amide bonds. The average molecular weight is 285 g/mol. The van der Waals surface area contributed by atoms with E-state index in [-0.39, 0.29) is 24.6 Å². The fourth-order valence-electron chi connectivity index (χ4n) is 1.66. The number of rotatable bonds is 7. The van der Waals surface area contributed by atoms with Crippen LogP contribution in [0.2, 0.25) is 0 Å². The summed E-state index contributed by atoms with van der Waals surface area (Å²) in [5.74, 6) is -1.16. The highest BCUT2D eigenvalue weighted by Crippen LogP contribution is 2.14. The summed E-state index contributed by atoms with van der Waals surface area (Å²) in [5.41, 5.74) is 1.99. The van der Waals surface area contributed by atoms with Gasteiger partial charge < -0.3 is 5.11 Å². The number of benzene rings is 1. The quantitative estimate of drug-likeness (QED) is 0.800. The molecular weight excluding hydrogens is 266 g/mol. The molecule has 0 radical (unpaired) electrons. The molecule has 0 heterocycles. The number of hydrogen-bond donors (Lipinski definition) is 2. The molecule has 0 fully saturated rings. The topological polar surface area (TPSA) is 83.5 Å². The van der Waals surface area contributed by atoms with Gasteiger partial charge in [0.1, 0.15) is 0 Å². The predicted octanol–water partition coefficient (Wildman–Crippen LogP) is 1.84. The number of sulfonamides is 1. The van der Waals surface area contributed by atoms with Crippen LogP contribution in [0.3, 0.4) is 0 Å². The molecule has 6 heteroatoms. The normalized spacial score (nSPS) is 13.2. The Bertz CT molecular complexity index is 522. The van der Waals surface area contributed by atoms with E-state index in [1.54, 1.807) is 6.92 Å².